The lowest BCUT2D eigenvalue weighted by Crippen LogP contribution is -2.40. The molecule has 1 N–H and O–H groups in total. The summed E-state index contributed by atoms with van der Waals surface area (Å²) in [7, 11) is -3.80. The number of carbonyl (C=O) groups excluding carboxylic acids is 2. The molecule has 8 heteroatoms. The number of hydrogen-bond donors (Lipinski definition) is 1. The molecule has 0 heterocycles. The summed E-state index contributed by atoms with van der Waals surface area (Å²) >= 11 is 0. The molecule has 144 valence electrons. The number of benzene rings is 2. The van der Waals surface area contributed by atoms with Gasteiger partial charge in [-0.1, -0.05) is 42.5 Å². The van der Waals surface area contributed by atoms with Crippen molar-refractivity contribution < 1.29 is 22.7 Å². The number of nitrogens with zero attached hydrogens (tertiary/aromatic N) is 1. The van der Waals surface area contributed by atoms with Crippen molar-refractivity contribution in [3.8, 4) is 0 Å². The van der Waals surface area contributed by atoms with Crippen molar-refractivity contribution in [1.29, 1.82) is 0 Å². The normalized spacial score (nSPS) is 10.9. The van der Waals surface area contributed by atoms with Gasteiger partial charge in [0.2, 0.25) is 15.9 Å². The molecule has 2 aromatic carbocycles. The maximum absolute atomic E-state index is 12.3. The largest absolute Gasteiger partial charge is 0.462 e. The number of sulfonamides is 1. The summed E-state index contributed by atoms with van der Waals surface area (Å²) in [6, 6.07) is 15.4. The lowest BCUT2D eigenvalue weighted by Gasteiger charge is -2.23. The maximum atomic E-state index is 12.3. The Labute approximate surface area is 159 Å². The number of carbonyl (C=O) groups is 2. The summed E-state index contributed by atoms with van der Waals surface area (Å²) in [4.78, 5) is 24.5. The molecule has 0 aliphatic heterocycles. The van der Waals surface area contributed by atoms with Crippen molar-refractivity contribution in [2.45, 2.75) is 13.5 Å². The van der Waals surface area contributed by atoms with E-state index in [1.165, 1.54) is 12.1 Å². The van der Waals surface area contributed by atoms with Crippen molar-refractivity contribution in [3.05, 3.63) is 65.7 Å². The molecule has 2 aromatic rings. The number of ether oxygens (including phenoxy) is 1. The van der Waals surface area contributed by atoms with Gasteiger partial charge in [-0.2, -0.15) is 0 Å². The average molecular weight is 390 g/mol. The standard InChI is InChI=1S/C19H22N2O5S/c1-3-26-19(23)16-11-7-8-12-17(16)21(27(2,24)25)14-18(22)20-13-15-9-5-4-6-10-15/h4-12H,3,13-14H2,1-2H3,(H,20,22). The van der Waals surface area contributed by atoms with Gasteiger partial charge in [-0.3, -0.25) is 9.10 Å². The van der Waals surface area contributed by atoms with E-state index in [9.17, 15) is 18.0 Å². The molecule has 7 nitrogen and oxygen atoms in total. The number of nitrogens with one attached hydrogen (secondary N) is 1. The maximum Gasteiger partial charge on any atom is 0.340 e. The number of anilines is 1. The van der Waals surface area contributed by atoms with E-state index in [1.54, 1.807) is 19.1 Å². The summed E-state index contributed by atoms with van der Waals surface area (Å²) in [6.45, 7) is 1.65. The molecule has 2 rings (SSSR count). The highest BCUT2D eigenvalue weighted by Crippen LogP contribution is 2.23. The van der Waals surface area contributed by atoms with Crippen molar-refractivity contribution in [2.24, 2.45) is 0 Å². The van der Waals surface area contributed by atoms with E-state index >= 15 is 0 Å². The first-order valence-electron chi connectivity index (χ1n) is 8.37. The summed E-state index contributed by atoms with van der Waals surface area (Å²) in [6.07, 6.45) is 0.986. The van der Waals surface area contributed by atoms with Crippen molar-refractivity contribution in [1.82, 2.24) is 5.32 Å². The quantitative estimate of drug-likeness (QED) is 0.696. The molecule has 0 aromatic heterocycles. The second-order valence-corrected chi connectivity index (χ2v) is 7.68. The van der Waals surface area contributed by atoms with Gasteiger partial charge in [0.1, 0.15) is 6.54 Å². The molecular weight excluding hydrogens is 368 g/mol. The van der Waals surface area contributed by atoms with Gasteiger partial charge in [0, 0.05) is 6.54 Å². The smallest absolute Gasteiger partial charge is 0.340 e. The van der Waals surface area contributed by atoms with Gasteiger partial charge in [-0.15, -0.1) is 0 Å². The van der Waals surface area contributed by atoms with E-state index in [-0.39, 0.29) is 24.4 Å². The van der Waals surface area contributed by atoms with Crippen LogP contribution in [0.5, 0.6) is 0 Å². The van der Waals surface area contributed by atoms with Crippen LogP contribution in [0.3, 0.4) is 0 Å². The van der Waals surface area contributed by atoms with Gasteiger partial charge in [0.05, 0.1) is 24.1 Å². The summed E-state index contributed by atoms with van der Waals surface area (Å²) in [5.41, 5.74) is 1.08. The zero-order valence-electron chi connectivity index (χ0n) is 15.2. The first kappa shape index (κ1) is 20.4. The van der Waals surface area contributed by atoms with Crippen LogP contribution in [0.4, 0.5) is 5.69 Å². The Bertz CT molecular complexity index is 897. The summed E-state index contributed by atoms with van der Waals surface area (Å²) in [5.74, 6) is -1.13. The Kier molecular flexibility index (Phi) is 6.95. The summed E-state index contributed by atoms with van der Waals surface area (Å²) < 4.78 is 30.4. The molecule has 0 aliphatic rings. The third-order valence-corrected chi connectivity index (χ3v) is 4.81. The predicted octanol–water partition coefficient (Wildman–Crippen LogP) is 1.95. The molecule has 0 saturated carbocycles. The zero-order valence-corrected chi connectivity index (χ0v) is 16.0. The molecule has 0 bridgehead atoms. The van der Waals surface area contributed by atoms with Crippen LogP contribution < -0.4 is 9.62 Å². The Balaban J connectivity index is 2.22. The number of esters is 1. The van der Waals surface area contributed by atoms with Crippen LogP contribution in [0.2, 0.25) is 0 Å². The van der Waals surface area contributed by atoms with Gasteiger partial charge in [0.25, 0.3) is 0 Å². The van der Waals surface area contributed by atoms with Gasteiger partial charge >= 0.3 is 5.97 Å². The van der Waals surface area contributed by atoms with Crippen molar-refractivity contribution in [3.63, 3.8) is 0 Å². The minimum atomic E-state index is -3.80. The van der Waals surface area contributed by atoms with Crippen LogP contribution in [0.15, 0.2) is 54.6 Å². The first-order valence-corrected chi connectivity index (χ1v) is 10.2. The molecule has 0 aliphatic carbocycles. The monoisotopic (exact) mass is 390 g/mol. The third kappa shape index (κ3) is 5.82. The Morgan fingerprint density at radius 3 is 2.30 bits per heavy atom. The van der Waals surface area contributed by atoms with E-state index in [4.69, 9.17) is 4.74 Å². The third-order valence-electron chi connectivity index (χ3n) is 3.69. The average Bonchev–Trinajstić information content (AvgIpc) is 2.64. The Morgan fingerprint density at radius 2 is 1.67 bits per heavy atom. The number of hydrogen-bond acceptors (Lipinski definition) is 5. The van der Waals surface area contributed by atoms with E-state index in [2.05, 4.69) is 5.32 Å². The molecule has 0 radical (unpaired) electrons. The zero-order chi connectivity index (χ0) is 19.9. The molecule has 0 unspecified atom stereocenters. The Hall–Kier alpha value is -2.87. The topological polar surface area (TPSA) is 92.8 Å². The minimum absolute atomic E-state index is 0.0839. The van der Waals surface area contributed by atoms with E-state index in [0.717, 1.165) is 16.1 Å². The van der Waals surface area contributed by atoms with Crippen LogP contribution in [0.25, 0.3) is 0 Å². The van der Waals surface area contributed by atoms with Gasteiger partial charge in [-0.25, -0.2) is 13.2 Å². The van der Waals surface area contributed by atoms with Crippen molar-refractivity contribution in [2.75, 3.05) is 23.7 Å². The fraction of sp³-hybridized carbons (Fsp3) is 0.263. The fourth-order valence-corrected chi connectivity index (χ4v) is 3.30. The number of para-hydroxylation sites is 1. The molecule has 27 heavy (non-hydrogen) atoms. The van der Waals surface area contributed by atoms with Crippen LogP contribution in [-0.4, -0.2) is 39.7 Å². The van der Waals surface area contributed by atoms with Crippen LogP contribution in [0, 0.1) is 0 Å². The molecular formula is C19H22N2O5S. The molecule has 0 saturated heterocycles. The van der Waals surface area contributed by atoms with Gasteiger partial charge < -0.3 is 10.1 Å². The Morgan fingerprint density at radius 1 is 1.04 bits per heavy atom. The highest BCUT2D eigenvalue weighted by Gasteiger charge is 2.25. The fourth-order valence-electron chi connectivity index (χ4n) is 2.44. The van der Waals surface area contributed by atoms with E-state index in [0.29, 0.717) is 0 Å². The minimum Gasteiger partial charge on any atom is -0.462 e. The van der Waals surface area contributed by atoms with Gasteiger partial charge in [0.15, 0.2) is 0 Å². The second kappa shape index (κ2) is 9.18. The molecule has 1 amide bonds. The lowest BCUT2D eigenvalue weighted by molar-refractivity contribution is -0.119. The van der Waals surface area contributed by atoms with Crippen LogP contribution in [-0.2, 0) is 26.1 Å². The highest BCUT2D eigenvalue weighted by atomic mass is 32.2. The van der Waals surface area contributed by atoms with E-state index in [1.807, 2.05) is 30.3 Å². The van der Waals surface area contributed by atoms with Gasteiger partial charge in [-0.05, 0) is 24.6 Å². The van der Waals surface area contributed by atoms with E-state index < -0.39 is 28.4 Å². The highest BCUT2D eigenvalue weighted by molar-refractivity contribution is 7.92. The predicted molar refractivity (Wildman–Crippen MR) is 103 cm³/mol. The molecule has 0 fully saturated rings. The van der Waals surface area contributed by atoms with Crippen LogP contribution >= 0.6 is 0 Å². The number of rotatable bonds is 8. The summed E-state index contributed by atoms with van der Waals surface area (Å²) in [5, 5.41) is 2.68. The number of amides is 1. The lowest BCUT2D eigenvalue weighted by atomic mass is 10.2. The SMILES string of the molecule is CCOC(=O)c1ccccc1N(CC(=O)NCc1ccccc1)S(C)(=O)=O. The first-order chi connectivity index (χ1) is 12.8. The van der Waals surface area contributed by atoms with Crippen molar-refractivity contribution >= 4 is 27.6 Å². The molecule has 0 atom stereocenters. The van der Waals surface area contributed by atoms with Crippen LogP contribution in [0.1, 0.15) is 22.8 Å². The molecule has 0 spiro atoms. The second-order valence-electron chi connectivity index (χ2n) is 5.77.